The first-order chi connectivity index (χ1) is 15.8. The molecule has 3 heterocycles. The van der Waals surface area contributed by atoms with E-state index in [1.807, 2.05) is 29.6 Å². The van der Waals surface area contributed by atoms with Crippen LogP contribution in [0.15, 0.2) is 40.2 Å². The quantitative estimate of drug-likeness (QED) is 0.301. The second-order valence-corrected chi connectivity index (χ2v) is 11.1. The fourth-order valence-corrected chi connectivity index (χ4v) is 6.46. The van der Waals surface area contributed by atoms with Gasteiger partial charge in [0.1, 0.15) is 14.7 Å². The first kappa shape index (κ1) is 22.1. The lowest BCUT2D eigenvalue weighted by atomic mass is 9.87. The van der Waals surface area contributed by atoms with Gasteiger partial charge in [0.25, 0.3) is 11.8 Å². The number of rotatable bonds is 4. The van der Waals surface area contributed by atoms with Crippen molar-refractivity contribution in [2.75, 3.05) is 11.1 Å². The highest BCUT2D eigenvalue weighted by Crippen LogP contribution is 2.39. The van der Waals surface area contributed by atoms with E-state index in [1.54, 1.807) is 0 Å². The molecule has 1 unspecified atom stereocenters. The number of primary amides is 1. The van der Waals surface area contributed by atoms with Gasteiger partial charge >= 0.3 is 0 Å². The van der Waals surface area contributed by atoms with Crippen LogP contribution in [0.1, 0.15) is 44.6 Å². The Balaban J connectivity index is 1.49. The summed E-state index contributed by atoms with van der Waals surface area (Å²) in [6, 6.07) is 9.65. The van der Waals surface area contributed by atoms with Crippen LogP contribution in [0.3, 0.4) is 0 Å². The van der Waals surface area contributed by atoms with Crippen molar-refractivity contribution in [1.29, 1.82) is 0 Å². The first-order valence-corrected chi connectivity index (χ1v) is 13.0. The number of fused-ring (bicyclic) bond motifs is 2. The summed E-state index contributed by atoms with van der Waals surface area (Å²) in [6.07, 6.45) is 3.04. The van der Waals surface area contributed by atoms with E-state index in [0.29, 0.717) is 27.0 Å². The normalized spacial score (nSPS) is 15.4. The van der Waals surface area contributed by atoms with Crippen molar-refractivity contribution in [2.45, 2.75) is 26.2 Å². The Morgan fingerprint density at radius 1 is 1.24 bits per heavy atom. The summed E-state index contributed by atoms with van der Waals surface area (Å²) >= 11 is 5.96. The van der Waals surface area contributed by atoms with Gasteiger partial charge < -0.3 is 16.8 Å². The van der Waals surface area contributed by atoms with E-state index in [2.05, 4.69) is 34.2 Å². The Hall–Kier alpha value is -2.75. The topological polar surface area (TPSA) is 111 Å². The van der Waals surface area contributed by atoms with Crippen LogP contribution in [0.2, 0.25) is 0 Å². The highest BCUT2D eigenvalue weighted by Gasteiger charge is 2.25. The Morgan fingerprint density at radius 3 is 2.73 bits per heavy atom. The summed E-state index contributed by atoms with van der Waals surface area (Å²) in [5.41, 5.74) is 16.6. The lowest BCUT2D eigenvalue weighted by Gasteiger charge is -2.20. The van der Waals surface area contributed by atoms with E-state index in [0.717, 1.165) is 45.2 Å². The molecule has 4 aromatic rings. The van der Waals surface area contributed by atoms with Gasteiger partial charge in [0.15, 0.2) is 0 Å². The summed E-state index contributed by atoms with van der Waals surface area (Å²) in [6.45, 7) is 2.24. The molecule has 2 amide bonds. The lowest BCUT2D eigenvalue weighted by Crippen LogP contribution is -2.17. The van der Waals surface area contributed by atoms with Gasteiger partial charge in [-0.2, -0.15) is 0 Å². The third-order valence-electron chi connectivity index (χ3n) is 5.96. The van der Waals surface area contributed by atoms with Gasteiger partial charge in [-0.05, 0) is 54.5 Å². The van der Waals surface area contributed by atoms with Gasteiger partial charge in [-0.25, -0.2) is 4.98 Å². The van der Waals surface area contributed by atoms with E-state index in [4.69, 9.17) is 16.5 Å². The van der Waals surface area contributed by atoms with E-state index in [-0.39, 0.29) is 11.5 Å². The number of aromatic nitrogens is 1. The van der Waals surface area contributed by atoms with Crippen molar-refractivity contribution < 1.29 is 9.59 Å². The minimum Gasteiger partial charge on any atom is -0.397 e. The number of nitrogens with zero attached hydrogens (tertiary/aromatic N) is 1. The van der Waals surface area contributed by atoms with Crippen LogP contribution in [0.5, 0.6) is 0 Å². The third-order valence-corrected chi connectivity index (χ3v) is 8.50. The highest BCUT2D eigenvalue weighted by atomic mass is 79.9. The van der Waals surface area contributed by atoms with E-state index >= 15 is 0 Å². The van der Waals surface area contributed by atoms with Crippen LogP contribution in [0.25, 0.3) is 21.3 Å². The van der Waals surface area contributed by atoms with Crippen LogP contribution < -0.4 is 16.8 Å². The van der Waals surface area contributed by atoms with Crippen LogP contribution in [0.4, 0.5) is 10.7 Å². The molecule has 1 aliphatic rings. The zero-order valence-corrected chi connectivity index (χ0v) is 21.0. The van der Waals surface area contributed by atoms with Crippen molar-refractivity contribution in [3.8, 4) is 11.1 Å². The minimum atomic E-state index is -0.600. The number of nitrogen functional groups attached to an aromatic ring is 1. The molecule has 6 nitrogen and oxygen atoms in total. The molecule has 0 saturated carbocycles. The monoisotopic (exact) mass is 540 g/mol. The number of benzene rings is 1. The predicted molar refractivity (Wildman–Crippen MR) is 139 cm³/mol. The van der Waals surface area contributed by atoms with Crippen molar-refractivity contribution in [1.82, 2.24) is 4.98 Å². The number of anilines is 2. The third kappa shape index (κ3) is 4.05. The molecule has 5 rings (SSSR count). The number of hydrogen-bond donors (Lipinski definition) is 3. The predicted octanol–water partition coefficient (Wildman–Crippen LogP) is 5.85. The molecule has 33 heavy (non-hydrogen) atoms. The van der Waals surface area contributed by atoms with Gasteiger partial charge in [0, 0.05) is 26.5 Å². The molecule has 5 N–H and O–H groups in total. The van der Waals surface area contributed by atoms with Crippen LogP contribution >= 0.6 is 38.6 Å². The number of carbonyl (C=O) groups is 2. The summed E-state index contributed by atoms with van der Waals surface area (Å²) in [5.74, 6) is -0.351. The number of pyridine rings is 1. The van der Waals surface area contributed by atoms with Gasteiger partial charge in [-0.15, -0.1) is 22.7 Å². The van der Waals surface area contributed by atoms with Gasteiger partial charge in [-0.3, -0.25) is 9.59 Å². The number of amides is 2. The number of aryl methyl sites for hydroxylation is 1. The molecule has 3 aromatic heterocycles. The molecule has 1 atom stereocenters. The standard InChI is InChI=1S/C24H21BrN4O2S2/c1-11-2-7-17-13(8-11)9-15-19(26)20(33-23(15)28-17)22(31)29-24-18(21(27)30)16(10-32-24)12-3-5-14(25)6-4-12/h3-6,9-11H,2,7-8,26H2,1H3,(H2,27,30)(H,29,31). The number of halogens is 1. The summed E-state index contributed by atoms with van der Waals surface area (Å²) in [4.78, 5) is 31.4. The molecule has 0 bridgehead atoms. The summed E-state index contributed by atoms with van der Waals surface area (Å²) < 4.78 is 0.931. The lowest BCUT2D eigenvalue weighted by molar-refractivity contribution is 0.100. The molecule has 0 radical (unpaired) electrons. The molecule has 1 aromatic carbocycles. The van der Waals surface area contributed by atoms with Crippen molar-refractivity contribution in [3.05, 3.63) is 61.9 Å². The van der Waals surface area contributed by atoms with Crippen LogP contribution in [0, 0.1) is 5.92 Å². The number of hydrogen-bond acceptors (Lipinski definition) is 6. The van der Waals surface area contributed by atoms with Gasteiger partial charge in [-0.1, -0.05) is 35.0 Å². The largest absolute Gasteiger partial charge is 0.397 e. The molecule has 0 aliphatic heterocycles. The van der Waals surface area contributed by atoms with E-state index in [9.17, 15) is 9.59 Å². The average molecular weight is 541 g/mol. The molecule has 0 saturated heterocycles. The highest BCUT2D eigenvalue weighted by molar-refractivity contribution is 9.10. The average Bonchev–Trinajstić information content (AvgIpc) is 3.34. The number of carbonyl (C=O) groups excluding carboxylic acids is 2. The fraction of sp³-hybridized carbons (Fsp3) is 0.208. The molecule has 9 heteroatoms. The molecule has 1 aliphatic carbocycles. The molecule has 0 fully saturated rings. The van der Waals surface area contributed by atoms with Crippen LogP contribution in [-0.4, -0.2) is 16.8 Å². The second kappa shape index (κ2) is 8.55. The van der Waals surface area contributed by atoms with E-state index < -0.39 is 5.91 Å². The maximum absolute atomic E-state index is 13.2. The maximum atomic E-state index is 13.2. The van der Waals surface area contributed by atoms with Gasteiger partial charge in [0.2, 0.25) is 0 Å². The number of nitrogens with one attached hydrogen (secondary N) is 1. The number of thiophene rings is 2. The Morgan fingerprint density at radius 2 is 2.00 bits per heavy atom. The van der Waals surface area contributed by atoms with E-state index in [1.165, 1.54) is 28.2 Å². The Kier molecular flexibility index (Phi) is 5.72. The van der Waals surface area contributed by atoms with Gasteiger partial charge in [0.05, 0.1) is 11.3 Å². The first-order valence-electron chi connectivity index (χ1n) is 10.5. The zero-order chi connectivity index (χ0) is 23.3. The maximum Gasteiger partial charge on any atom is 0.268 e. The van der Waals surface area contributed by atoms with Crippen molar-refractivity contribution >= 4 is 71.3 Å². The van der Waals surface area contributed by atoms with Crippen molar-refractivity contribution in [3.63, 3.8) is 0 Å². The molecular weight excluding hydrogens is 520 g/mol. The smallest absolute Gasteiger partial charge is 0.268 e. The van der Waals surface area contributed by atoms with Crippen LogP contribution in [-0.2, 0) is 12.8 Å². The molecule has 0 spiro atoms. The second-order valence-electron chi connectivity index (χ2n) is 8.32. The molecule has 168 valence electrons. The number of nitrogens with two attached hydrogens (primary N) is 2. The fourth-order valence-electron chi connectivity index (χ4n) is 4.24. The summed E-state index contributed by atoms with van der Waals surface area (Å²) in [5, 5.41) is 5.90. The minimum absolute atomic E-state index is 0.290. The SMILES string of the molecule is CC1CCc2nc3sc(C(=O)Nc4scc(-c5ccc(Br)cc5)c4C(N)=O)c(N)c3cc2C1. The molecular formula is C24H21BrN4O2S2. The Bertz CT molecular complexity index is 1410. The zero-order valence-electron chi connectivity index (χ0n) is 17.8. The summed E-state index contributed by atoms with van der Waals surface area (Å²) in [7, 11) is 0. The van der Waals surface area contributed by atoms with Crippen molar-refractivity contribution in [2.24, 2.45) is 11.7 Å². The Labute approximate surface area is 207 Å².